The summed E-state index contributed by atoms with van der Waals surface area (Å²) < 4.78 is 10.5. The Hall–Kier alpha value is -1.71. The van der Waals surface area contributed by atoms with Gasteiger partial charge in [0.1, 0.15) is 11.5 Å². The number of ether oxygens (including phenoxy) is 2. The van der Waals surface area contributed by atoms with Crippen LogP contribution in [0.3, 0.4) is 0 Å². The predicted octanol–water partition coefficient (Wildman–Crippen LogP) is 3.94. The van der Waals surface area contributed by atoms with Crippen LogP contribution in [0.15, 0.2) is 36.4 Å². The Labute approximate surface area is 130 Å². The highest BCUT2D eigenvalue weighted by atomic mass is 35.5. The lowest BCUT2D eigenvalue weighted by molar-refractivity contribution is 0.177. The van der Waals surface area contributed by atoms with Gasteiger partial charge < -0.3 is 14.6 Å². The van der Waals surface area contributed by atoms with E-state index < -0.39 is 6.10 Å². The molecule has 0 spiro atoms. The van der Waals surface area contributed by atoms with Gasteiger partial charge >= 0.3 is 0 Å². The zero-order valence-electron chi connectivity index (χ0n) is 12.4. The molecule has 0 saturated heterocycles. The molecule has 21 heavy (non-hydrogen) atoms. The lowest BCUT2D eigenvalue weighted by atomic mass is 9.99. The van der Waals surface area contributed by atoms with Crippen molar-refractivity contribution in [3.8, 4) is 11.5 Å². The molecule has 112 valence electrons. The van der Waals surface area contributed by atoms with E-state index in [1.807, 2.05) is 37.3 Å². The molecule has 0 amide bonds. The first kappa shape index (κ1) is 15.7. The molecule has 0 heterocycles. The summed E-state index contributed by atoms with van der Waals surface area (Å²) in [4.78, 5) is 0. The fourth-order valence-corrected chi connectivity index (χ4v) is 2.54. The number of aliphatic hydroxyl groups excluding tert-OH is 1. The molecule has 0 fully saturated rings. The summed E-state index contributed by atoms with van der Waals surface area (Å²) in [6, 6.07) is 11.1. The lowest BCUT2D eigenvalue weighted by Crippen LogP contribution is -2.04. The zero-order valence-corrected chi connectivity index (χ0v) is 13.1. The van der Waals surface area contributed by atoms with Gasteiger partial charge in [-0.25, -0.2) is 0 Å². The van der Waals surface area contributed by atoms with Gasteiger partial charge in [-0.2, -0.15) is 0 Å². The highest BCUT2D eigenvalue weighted by Gasteiger charge is 2.14. The number of aliphatic hydroxyl groups is 1. The number of halogens is 1. The third-order valence-corrected chi connectivity index (χ3v) is 3.69. The van der Waals surface area contributed by atoms with Crippen LogP contribution in [0, 0.1) is 6.92 Å². The van der Waals surface area contributed by atoms with Gasteiger partial charge in [0.05, 0.1) is 20.3 Å². The largest absolute Gasteiger partial charge is 0.496 e. The van der Waals surface area contributed by atoms with Crippen molar-refractivity contribution in [2.75, 3.05) is 14.2 Å². The summed E-state index contributed by atoms with van der Waals surface area (Å²) >= 11 is 6.01. The number of hydrogen-bond acceptors (Lipinski definition) is 3. The Balaban J connectivity index is 2.23. The van der Waals surface area contributed by atoms with Crippen LogP contribution in [-0.2, 0) is 6.42 Å². The Kier molecular flexibility index (Phi) is 5.10. The van der Waals surface area contributed by atoms with Crippen LogP contribution in [0.1, 0.15) is 22.8 Å². The van der Waals surface area contributed by atoms with E-state index >= 15 is 0 Å². The van der Waals surface area contributed by atoms with Crippen LogP contribution in [0.4, 0.5) is 0 Å². The molecule has 0 bridgehead atoms. The van der Waals surface area contributed by atoms with Crippen molar-refractivity contribution in [1.29, 1.82) is 0 Å². The standard InChI is InChI=1S/C17H19ClO3/c1-11-8-12(4-6-16(11)20-2)15(19)10-13-9-14(18)5-7-17(13)21-3/h4-9,15,19H,10H2,1-3H3. The van der Waals surface area contributed by atoms with E-state index in [0.717, 1.165) is 28.2 Å². The van der Waals surface area contributed by atoms with E-state index in [9.17, 15) is 5.11 Å². The number of hydrogen-bond donors (Lipinski definition) is 1. The summed E-state index contributed by atoms with van der Waals surface area (Å²) in [5, 5.41) is 11.1. The van der Waals surface area contributed by atoms with Gasteiger partial charge in [-0.3, -0.25) is 0 Å². The Morgan fingerprint density at radius 2 is 1.71 bits per heavy atom. The Morgan fingerprint density at radius 1 is 1.05 bits per heavy atom. The third-order valence-electron chi connectivity index (χ3n) is 3.46. The maximum absolute atomic E-state index is 10.4. The molecule has 4 heteroatoms. The van der Waals surface area contributed by atoms with Crippen molar-refractivity contribution in [2.45, 2.75) is 19.4 Å². The molecule has 0 aliphatic heterocycles. The molecule has 2 aromatic rings. The average molecular weight is 307 g/mol. The van der Waals surface area contributed by atoms with Crippen molar-refractivity contribution >= 4 is 11.6 Å². The van der Waals surface area contributed by atoms with Crippen molar-refractivity contribution < 1.29 is 14.6 Å². The normalized spacial score (nSPS) is 12.0. The first-order chi connectivity index (χ1) is 10.0. The van der Waals surface area contributed by atoms with E-state index in [4.69, 9.17) is 21.1 Å². The van der Waals surface area contributed by atoms with Crippen molar-refractivity contribution in [2.24, 2.45) is 0 Å². The summed E-state index contributed by atoms with van der Waals surface area (Å²) in [6.07, 6.45) is -0.183. The van der Waals surface area contributed by atoms with Gasteiger partial charge in [-0.05, 0) is 53.9 Å². The average Bonchev–Trinajstić information content (AvgIpc) is 2.47. The van der Waals surface area contributed by atoms with E-state index in [1.54, 1.807) is 20.3 Å². The monoisotopic (exact) mass is 306 g/mol. The van der Waals surface area contributed by atoms with Gasteiger partial charge in [-0.15, -0.1) is 0 Å². The summed E-state index contributed by atoms with van der Waals surface area (Å²) in [6.45, 7) is 1.95. The SMILES string of the molecule is COc1ccc(C(O)Cc2cc(Cl)ccc2OC)cc1C. The number of aryl methyl sites for hydroxylation is 1. The molecule has 3 nitrogen and oxygen atoms in total. The quantitative estimate of drug-likeness (QED) is 0.909. The number of benzene rings is 2. The molecule has 0 aromatic heterocycles. The van der Waals surface area contributed by atoms with Gasteiger partial charge in [0.2, 0.25) is 0 Å². The van der Waals surface area contributed by atoms with Gasteiger partial charge in [-0.1, -0.05) is 17.7 Å². The smallest absolute Gasteiger partial charge is 0.122 e. The minimum Gasteiger partial charge on any atom is -0.496 e. The Morgan fingerprint density at radius 3 is 2.33 bits per heavy atom. The number of rotatable bonds is 5. The zero-order chi connectivity index (χ0) is 15.4. The second kappa shape index (κ2) is 6.83. The number of methoxy groups -OCH3 is 2. The molecule has 2 aromatic carbocycles. The topological polar surface area (TPSA) is 38.7 Å². The highest BCUT2D eigenvalue weighted by molar-refractivity contribution is 6.30. The van der Waals surface area contributed by atoms with Gasteiger partial charge in [0, 0.05) is 11.4 Å². The molecule has 1 atom stereocenters. The molecular formula is C17H19ClO3. The van der Waals surface area contributed by atoms with Crippen LogP contribution in [0.25, 0.3) is 0 Å². The molecule has 1 N–H and O–H groups in total. The van der Waals surface area contributed by atoms with E-state index in [2.05, 4.69) is 0 Å². The van der Waals surface area contributed by atoms with Crippen molar-refractivity contribution in [1.82, 2.24) is 0 Å². The molecular weight excluding hydrogens is 288 g/mol. The van der Waals surface area contributed by atoms with Crippen LogP contribution in [0.5, 0.6) is 11.5 Å². The molecule has 0 saturated carbocycles. The highest BCUT2D eigenvalue weighted by Crippen LogP contribution is 2.29. The van der Waals surface area contributed by atoms with E-state index in [0.29, 0.717) is 11.4 Å². The van der Waals surface area contributed by atoms with E-state index in [1.165, 1.54) is 0 Å². The van der Waals surface area contributed by atoms with Crippen LogP contribution >= 0.6 is 11.6 Å². The first-order valence-corrected chi connectivity index (χ1v) is 7.08. The molecule has 2 rings (SSSR count). The third kappa shape index (κ3) is 3.69. The van der Waals surface area contributed by atoms with Crippen LogP contribution in [-0.4, -0.2) is 19.3 Å². The summed E-state index contributed by atoms with van der Waals surface area (Å²) in [5.41, 5.74) is 2.72. The van der Waals surface area contributed by atoms with Crippen LogP contribution < -0.4 is 9.47 Å². The molecule has 0 aliphatic carbocycles. The molecule has 0 aliphatic rings. The van der Waals surface area contributed by atoms with Gasteiger partial charge in [0.15, 0.2) is 0 Å². The van der Waals surface area contributed by atoms with Crippen molar-refractivity contribution in [3.63, 3.8) is 0 Å². The Bertz CT molecular complexity index is 625. The fourth-order valence-electron chi connectivity index (χ4n) is 2.34. The second-order valence-electron chi connectivity index (χ2n) is 4.91. The molecule has 0 radical (unpaired) electrons. The maximum atomic E-state index is 10.4. The lowest BCUT2D eigenvalue weighted by Gasteiger charge is -2.15. The van der Waals surface area contributed by atoms with Gasteiger partial charge in [0.25, 0.3) is 0 Å². The van der Waals surface area contributed by atoms with Crippen LogP contribution in [0.2, 0.25) is 5.02 Å². The fraction of sp³-hybridized carbons (Fsp3) is 0.294. The predicted molar refractivity (Wildman–Crippen MR) is 84.4 cm³/mol. The van der Waals surface area contributed by atoms with E-state index in [-0.39, 0.29) is 0 Å². The second-order valence-corrected chi connectivity index (χ2v) is 5.34. The molecule has 1 unspecified atom stereocenters. The minimum atomic E-state index is -0.623. The first-order valence-electron chi connectivity index (χ1n) is 6.70. The maximum Gasteiger partial charge on any atom is 0.122 e. The summed E-state index contributed by atoms with van der Waals surface area (Å²) in [7, 11) is 3.24. The summed E-state index contributed by atoms with van der Waals surface area (Å²) in [5.74, 6) is 1.54. The van der Waals surface area contributed by atoms with Crippen molar-refractivity contribution in [3.05, 3.63) is 58.1 Å². The minimum absolute atomic E-state index is 0.440.